The van der Waals surface area contributed by atoms with E-state index in [1.54, 1.807) is 18.2 Å². The number of non-ortho nitro benzene ring substituents is 1. The van der Waals surface area contributed by atoms with Crippen molar-refractivity contribution in [2.45, 2.75) is 12.3 Å². The van der Waals surface area contributed by atoms with Gasteiger partial charge < -0.3 is 9.84 Å². The highest BCUT2D eigenvalue weighted by atomic mass is 35.5. The van der Waals surface area contributed by atoms with Gasteiger partial charge in [-0.3, -0.25) is 14.9 Å². The number of carbonyl (C=O) groups is 1. The van der Waals surface area contributed by atoms with Crippen molar-refractivity contribution in [3.63, 3.8) is 0 Å². The number of benzene rings is 2. The highest BCUT2D eigenvalue weighted by Crippen LogP contribution is 2.32. The van der Waals surface area contributed by atoms with E-state index in [1.807, 2.05) is 0 Å². The van der Waals surface area contributed by atoms with Gasteiger partial charge in [0.05, 0.1) is 18.0 Å². The average Bonchev–Trinajstić information content (AvgIpc) is 2.52. The van der Waals surface area contributed by atoms with Crippen LogP contribution in [-0.2, 0) is 11.2 Å². The van der Waals surface area contributed by atoms with Crippen LogP contribution in [0.25, 0.3) is 0 Å². The number of halogens is 1. The zero-order valence-electron chi connectivity index (χ0n) is 12.2. The van der Waals surface area contributed by atoms with Gasteiger partial charge in [-0.15, -0.1) is 0 Å². The summed E-state index contributed by atoms with van der Waals surface area (Å²) in [5, 5.41) is 20.8. The molecule has 120 valence electrons. The lowest BCUT2D eigenvalue weighted by atomic mass is 9.91. The minimum atomic E-state index is -1.06. The number of aliphatic carboxylic acids is 1. The van der Waals surface area contributed by atoms with E-state index in [1.165, 1.54) is 31.4 Å². The number of nitrogens with zero attached hydrogens (tertiary/aromatic N) is 1. The Bertz CT molecular complexity index is 747. The van der Waals surface area contributed by atoms with Gasteiger partial charge in [0, 0.05) is 22.7 Å². The van der Waals surface area contributed by atoms with Crippen molar-refractivity contribution >= 4 is 23.3 Å². The quantitative estimate of drug-likeness (QED) is 0.642. The van der Waals surface area contributed by atoms with Crippen molar-refractivity contribution in [2.75, 3.05) is 7.11 Å². The number of nitro benzene ring substituents is 1. The van der Waals surface area contributed by atoms with Crippen LogP contribution in [0.5, 0.6) is 5.75 Å². The summed E-state index contributed by atoms with van der Waals surface area (Å²) in [7, 11) is 1.44. The second-order valence-corrected chi connectivity index (χ2v) is 5.34. The molecule has 1 N–H and O–H groups in total. The lowest BCUT2D eigenvalue weighted by Gasteiger charge is -2.16. The highest BCUT2D eigenvalue weighted by Gasteiger charge is 2.25. The van der Waals surface area contributed by atoms with Crippen LogP contribution in [0.3, 0.4) is 0 Å². The fourth-order valence-corrected chi connectivity index (χ4v) is 2.52. The number of carboxylic acid groups (broad SMARTS) is 1. The zero-order chi connectivity index (χ0) is 17.0. The van der Waals surface area contributed by atoms with Gasteiger partial charge in [-0.25, -0.2) is 0 Å². The van der Waals surface area contributed by atoms with Crippen LogP contribution in [0.2, 0.25) is 5.02 Å². The van der Waals surface area contributed by atoms with Crippen LogP contribution in [0, 0.1) is 10.1 Å². The highest BCUT2D eigenvalue weighted by molar-refractivity contribution is 6.30. The number of methoxy groups -OCH3 is 1. The van der Waals surface area contributed by atoms with Crippen LogP contribution >= 0.6 is 11.6 Å². The summed E-state index contributed by atoms with van der Waals surface area (Å²) in [6.45, 7) is 0. The molecule has 7 heteroatoms. The summed E-state index contributed by atoms with van der Waals surface area (Å²) in [6, 6.07) is 10.7. The molecule has 0 saturated carbocycles. The number of ether oxygens (including phenoxy) is 1. The van der Waals surface area contributed by atoms with Crippen molar-refractivity contribution < 1.29 is 19.6 Å². The molecule has 0 radical (unpaired) electrons. The van der Waals surface area contributed by atoms with E-state index in [2.05, 4.69) is 0 Å². The normalized spacial score (nSPS) is 11.7. The molecule has 2 rings (SSSR count). The van der Waals surface area contributed by atoms with Crippen molar-refractivity contribution in [3.8, 4) is 5.75 Å². The van der Waals surface area contributed by atoms with Crippen molar-refractivity contribution in [3.05, 3.63) is 68.7 Å². The molecule has 0 fully saturated rings. The van der Waals surface area contributed by atoms with E-state index in [9.17, 15) is 20.0 Å². The van der Waals surface area contributed by atoms with E-state index >= 15 is 0 Å². The Morgan fingerprint density at radius 1 is 1.35 bits per heavy atom. The first-order chi connectivity index (χ1) is 10.9. The van der Waals surface area contributed by atoms with Gasteiger partial charge in [-0.05, 0) is 30.2 Å². The standard InChI is InChI=1S/C16H14ClNO5/c1-23-15-6-5-11(17)9-13(15)14(16(19)20)8-10-3-2-4-12(7-10)18(21)22/h2-7,9,14H,8H2,1H3,(H,19,20). The molecule has 6 nitrogen and oxygen atoms in total. The molecular weight excluding hydrogens is 322 g/mol. The largest absolute Gasteiger partial charge is 0.496 e. The number of nitro groups is 1. The summed E-state index contributed by atoms with van der Waals surface area (Å²) < 4.78 is 5.20. The molecule has 2 aromatic rings. The molecule has 0 aliphatic carbocycles. The number of carboxylic acids is 1. The van der Waals surface area contributed by atoms with E-state index in [4.69, 9.17) is 16.3 Å². The molecule has 1 atom stereocenters. The van der Waals surface area contributed by atoms with Crippen LogP contribution < -0.4 is 4.74 Å². The predicted octanol–water partition coefficient (Wildman–Crippen LogP) is 3.67. The fraction of sp³-hybridized carbons (Fsp3) is 0.188. The third kappa shape index (κ3) is 3.98. The van der Waals surface area contributed by atoms with Crippen LogP contribution in [0.15, 0.2) is 42.5 Å². The number of hydrogen-bond acceptors (Lipinski definition) is 4. The van der Waals surface area contributed by atoms with Gasteiger partial charge in [0.15, 0.2) is 0 Å². The minimum absolute atomic E-state index is 0.0790. The molecule has 0 heterocycles. The Morgan fingerprint density at radius 3 is 2.70 bits per heavy atom. The van der Waals surface area contributed by atoms with Crippen molar-refractivity contribution in [1.82, 2.24) is 0 Å². The molecule has 0 aromatic heterocycles. The molecule has 2 aromatic carbocycles. The first-order valence-corrected chi connectivity index (χ1v) is 7.09. The second kappa shape index (κ2) is 7.11. The first kappa shape index (κ1) is 16.8. The topological polar surface area (TPSA) is 89.7 Å². The Hall–Kier alpha value is -2.60. The Labute approximate surface area is 137 Å². The third-order valence-corrected chi connectivity index (χ3v) is 3.66. The van der Waals surface area contributed by atoms with Crippen molar-refractivity contribution in [1.29, 1.82) is 0 Å². The molecule has 0 aliphatic rings. The van der Waals surface area contributed by atoms with Gasteiger partial charge in [0.2, 0.25) is 0 Å². The minimum Gasteiger partial charge on any atom is -0.496 e. The monoisotopic (exact) mass is 335 g/mol. The zero-order valence-corrected chi connectivity index (χ0v) is 13.0. The Balaban J connectivity index is 2.40. The lowest BCUT2D eigenvalue weighted by Crippen LogP contribution is -2.15. The van der Waals surface area contributed by atoms with Crippen molar-refractivity contribution in [2.24, 2.45) is 0 Å². The van der Waals surface area contributed by atoms with Gasteiger partial charge >= 0.3 is 5.97 Å². The summed E-state index contributed by atoms with van der Waals surface area (Å²) in [5.74, 6) is -1.57. The van der Waals surface area contributed by atoms with Gasteiger partial charge in [0.25, 0.3) is 5.69 Å². The average molecular weight is 336 g/mol. The second-order valence-electron chi connectivity index (χ2n) is 4.91. The fourth-order valence-electron chi connectivity index (χ4n) is 2.34. The molecule has 23 heavy (non-hydrogen) atoms. The van der Waals surface area contributed by atoms with Crippen LogP contribution in [0.4, 0.5) is 5.69 Å². The summed E-state index contributed by atoms with van der Waals surface area (Å²) in [5.41, 5.74) is 0.900. The van der Waals surface area contributed by atoms with E-state index < -0.39 is 16.8 Å². The SMILES string of the molecule is COc1ccc(Cl)cc1C(Cc1cccc([N+](=O)[O-])c1)C(=O)O. The van der Waals surface area contributed by atoms with Crippen LogP contribution in [0.1, 0.15) is 17.0 Å². The number of rotatable bonds is 6. The van der Waals surface area contributed by atoms with E-state index in [0.29, 0.717) is 21.9 Å². The van der Waals surface area contributed by atoms with E-state index in [-0.39, 0.29) is 12.1 Å². The molecular formula is C16H14ClNO5. The third-order valence-electron chi connectivity index (χ3n) is 3.43. The van der Waals surface area contributed by atoms with Gasteiger partial charge in [-0.2, -0.15) is 0 Å². The molecule has 1 unspecified atom stereocenters. The lowest BCUT2D eigenvalue weighted by molar-refractivity contribution is -0.384. The van der Waals surface area contributed by atoms with E-state index in [0.717, 1.165) is 0 Å². The van der Waals surface area contributed by atoms with Gasteiger partial charge in [0.1, 0.15) is 5.75 Å². The molecule has 0 saturated heterocycles. The Kier molecular flexibility index (Phi) is 5.18. The van der Waals surface area contributed by atoms with Crippen LogP contribution in [-0.4, -0.2) is 23.1 Å². The summed E-state index contributed by atoms with van der Waals surface area (Å²) >= 11 is 5.95. The first-order valence-electron chi connectivity index (χ1n) is 6.72. The predicted molar refractivity (Wildman–Crippen MR) is 85.2 cm³/mol. The summed E-state index contributed by atoms with van der Waals surface area (Å²) in [6.07, 6.45) is 0.0910. The maximum Gasteiger partial charge on any atom is 0.311 e. The smallest absolute Gasteiger partial charge is 0.311 e. The van der Waals surface area contributed by atoms with Gasteiger partial charge in [-0.1, -0.05) is 23.7 Å². The molecule has 0 amide bonds. The Morgan fingerprint density at radius 2 is 2.09 bits per heavy atom. The molecule has 0 aliphatic heterocycles. The molecule has 0 bridgehead atoms. The summed E-state index contributed by atoms with van der Waals surface area (Å²) in [4.78, 5) is 22.0. The maximum atomic E-state index is 11.7. The molecule has 0 spiro atoms. The number of hydrogen-bond donors (Lipinski definition) is 1. The maximum absolute atomic E-state index is 11.7.